The van der Waals surface area contributed by atoms with Gasteiger partial charge < -0.3 is 19.1 Å². The van der Waals surface area contributed by atoms with E-state index >= 15 is 0 Å². The largest absolute Gasteiger partial charge is 0.586 e. The number of sulfonamides is 1. The monoisotopic (exact) mass is 586 g/mol. The van der Waals surface area contributed by atoms with Gasteiger partial charge in [0.1, 0.15) is 23.9 Å². The zero-order chi connectivity index (χ0) is 29.5. The van der Waals surface area contributed by atoms with E-state index < -0.39 is 51.3 Å². The molecule has 0 spiro atoms. The molecule has 0 saturated carbocycles. The molecule has 2 aromatic rings. The number of hydrogen-bond donors (Lipinski definition) is 1. The Morgan fingerprint density at radius 3 is 2.50 bits per heavy atom. The number of amides is 1. The maximum absolute atomic E-state index is 14.0. The summed E-state index contributed by atoms with van der Waals surface area (Å²) < 4.78 is 94.7. The van der Waals surface area contributed by atoms with Crippen LogP contribution in [-0.4, -0.2) is 55.4 Å². The van der Waals surface area contributed by atoms with Gasteiger partial charge in [0, 0.05) is 18.6 Å². The number of likely N-dealkylation sites (tertiary alicyclic amines) is 1. The highest BCUT2D eigenvalue weighted by Crippen LogP contribution is 2.41. The number of carbonyl (C=O) groups is 1. The number of nitrogens with zero attached hydrogens (tertiary/aromatic N) is 3. The van der Waals surface area contributed by atoms with Gasteiger partial charge in [0.05, 0.1) is 11.8 Å². The van der Waals surface area contributed by atoms with Crippen LogP contribution in [0, 0.1) is 17.2 Å². The van der Waals surface area contributed by atoms with E-state index in [9.17, 15) is 36.0 Å². The lowest BCUT2D eigenvalue weighted by atomic mass is 9.81. The Balaban J connectivity index is 1.50. The van der Waals surface area contributed by atoms with Crippen LogP contribution >= 0.6 is 0 Å². The van der Waals surface area contributed by atoms with Crippen LogP contribution < -0.4 is 18.9 Å². The Labute approximate surface area is 227 Å². The molecule has 0 radical (unpaired) electrons. The van der Waals surface area contributed by atoms with Gasteiger partial charge in [-0.25, -0.2) is 26.9 Å². The van der Waals surface area contributed by atoms with Crippen molar-refractivity contribution in [3.63, 3.8) is 0 Å². The Morgan fingerprint density at radius 1 is 1.25 bits per heavy atom. The lowest BCUT2D eigenvalue weighted by molar-refractivity contribution is -0.286. The summed E-state index contributed by atoms with van der Waals surface area (Å²) in [6, 6.07) is 6.60. The molecule has 4 rings (SSSR count). The maximum Gasteiger partial charge on any atom is 0.586 e. The molecule has 0 bridgehead atoms. The molecule has 0 atom stereocenters. The molecule has 1 aromatic carbocycles. The third kappa shape index (κ3) is 6.56. The second-order valence-corrected chi connectivity index (χ2v) is 11.8. The van der Waals surface area contributed by atoms with Crippen molar-refractivity contribution in [3.8, 4) is 23.4 Å². The fourth-order valence-electron chi connectivity index (χ4n) is 4.81. The topological polar surface area (TPSA) is 131 Å². The zero-order valence-corrected chi connectivity index (χ0v) is 22.5. The number of piperidine rings is 1. The van der Waals surface area contributed by atoms with Crippen LogP contribution in [0.4, 0.5) is 17.6 Å². The van der Waals surface area contributed by atoms with E-state index in [0.29, 0.717) is 18.4 Å². The number of pyridine rings is 1. The highest BCUT2D eigenvalue weighted by molar-refractivity contribution is 7.88. The fraction of sp³-hybridized carbons (Fsp3) is 0.480. The number of ether oxygens (including phenoxy) is 3. The molecule has 2 aliphatic heterocycles. The first kappa shape index (κ1) is 29.3. The average Bonchev–Trinajstić information content (AvgIpc) is 3.18. The number of nitrogens with one attached hydrogen (secondary N) is 1. The number of rotatable bonds is 8. The predicted molar refractivity (Wildman–Crippen MR) is 132 cm³/mol. The predicted octanol–water partition coefficient (Wildman–Crippen LogP) is 3.97. The minimum Gasteiger partial charge on any atom is -0.472 e. The standard InChI is InChI=1S/C25H26F4N4O6S/c1-24(2,32-40(3,35)36)16-6-8-33(9-7-16)23(34)17-11-15(12-30)22(31-20(17)21(26)27)37-13-14-4-5-18-19(10-14)39-25(28,29)38-18/h4-5,10-11,16,21,32H,6-9,13H2,1-3H3. The van der Waals surface area contributed by atoms with Crippen molar-refractivity contribution in [3.05, 3.63) is 46.6 Å². The number of halogens is 4. The smallest absolute Gasteiger partial charge is 0.472 e. The summed E-state index contributed by atoms with van der Waals surface area (Å²) in [4.78, 5) is 18.4. The normalized spacial score (nSPS) is 17.1. The molecule has 10 nitrogen and oxygen atoms in total. The number of hydrogen-bond acceptors (Lipinski definition) is 8. The van der Waals surface area contributed by atoms with Gasteiger partial charge in [-0.3, -0.25) is 4.79 Å². The van der Waals surface area contributed by atoms with Gasteiger partial charge in [0.2, 0.25) is 15.9 Å². The molecular weight excluding hydrogens is 560 g/mol. The summed E-state index contributed by atoms with van der Waals surface area (Å²) in [7, 11) is -3.47. The number of fused-ring (bicyclic) bond motifs is 1. The van der Waals surface area contributed by atoms with Crippen molar-refractivity contribution in [1.82, 2.24) is 14.6 Å². The highest BCUT2D eigenvalue weighted by Gasteiger charge is 2.43. The SMILES string of the molecule is CC(C)(NS(C)(=O)=O)C1CCN(C(=O)c2cc(C#N)c(OCc3ccc4c(c3)OC(F)(F)O4)nc2C(F)F)CC1. The molecule has 40 heavy (non-hydrogen) atoms. The lowest BCUT2D eigenvalue weighted by Crippen LogP contribution is -2.52. The summed E-state index contributed by atoms with van der Waals surface area (Å²) in [6.45, 7) is 3.52. The Morgan fingerprint density at radius 2 is 1.90 bits per heavy atom. The van der Waals surface area contributed by atoms with Crippen molar-refractivity contribution in [2.24, 2.45) is 5.92 Å². The molecule has 2 aliphatic rings. The second kappa shape index (κ2) is 10.7. The highest BCUT2D eigenvalue weighted by atomic mass is 32.2. The van der Waals surface area contributed by atoms with Gasteiger partial charge in [0.15, 0.2) is 11.5 Å². The third-order valence-corrected chi connectivity index (χ3v) is 7.56. The molecule has 0 unspecified atom stereocenters. The molecule has 216 valence electrons. The molecule has 1 N–H and O–H groups in total. The first-order valence-corrected chi connectivity index (χ1v) is 14.0. The van der Waals surface area contributed by atoms with Crippen molar-refractivity contribution in [1.29, 1.82) is 5.26 Å². The Kier molecular flexibility index (Phi) is 7.88. The zero-order valence-electron chi connectivity index (χ0n) is 21.7. The first-order chi connectivity index (χ1) is 18.6. The first-order valence-electron chi connectivity index (χ1n) is 12.1. The van der Waals surface area contributed by atoms with E-state index in [1.54, 1.807) is 19.9 Å². The third-order valence-electron chi connectivity index (χ3n) is 6.67. The van der Waals surface area contributed by atoms with Gasteiger partial charge in [-0.05, 0) is 56.4 Å². The van der Waals surface area contributed by atoms with Crippen LogP contribution in [0.3, 0.4) is 0 Å². The Bertz CT molecular complexity index is 1450. The quantitative estimate of drug-likeness (QED) is 0.460. The molecule has 1 fully saturated rings. The van der Waals surface area contributed by atoms with Crippen LogP contribution in [0.1, 0.15) is 60.3 Å². The minimum absolute atomic E-state index is 0.105. The van der Waals surface area contributed by atoms with Crippen LogP contribution in [0.5, 0.6) is 17.4 Å². The molecule has 0 aliphatic carbocycles. The Hall–Kier alpha value is -3.64. The van der Waals surface area contributed by atoms with Gasteiger partial charge in [-0.1, -0.05) is 6.07 Å². The number of alkyl halides is 4. The van der Waals surface area contributed by atoms with Crippen molar-refractivity contribution in [2.45, 2.75) is 51.6 Å². The molecule has 1 saturated heterocycles. The molecule has 3 heterocycles. The van der Waals surface area contributed by atoms with E-state index in [-0.39, 0.29) is 42.7 Å². The van der Waals surface area contributed by atoms with Crippen molar-refractivity contribution < 1.29 is 45.0 Å². The summed E-state index contributed by atoms with van der Waals surface area (Å²) in [5.41, 5.74) is -2.06. The molecular formula is C25H26F4N4O6S. The molecule has 1 amide bonds. The molecule has 15 heteroatoms. The van der Waals surface area contributed by atoms with Gasteiger partial charge >= 0.3 is 6.29 Å². The maximum atomic E-state index is 14.0. The van der Waals surface area contributed by atoms with E-state index in [4.69, 9.17) is 4.74 Å². The fourth-order valence-corrected chi connectivity index (χ4v) is 5.93. The van der Waals surface area contributed by atoms with Gasteiger partial charge in [-0.15, -0.1) is 8.78 Å². The van der Waals surface area contributed by atoms with Crippen molar-refractivity contribution >= 4 is 15.9 Å². The van der Waals surface area contributed by atoms with E-state index in [2.05, 4.69) is 19.2 Å². The van der Waals surface area contributed by atoms with Crippen LogP contribution in [0.25, 0.3) is 0 Å². The van der Waals surface area contributed by atoms with Gasteiger partial charge in [-0.2, -0.15) is 5.26 Å². The number of aromatic nitrogens is 1. The van der Waals surface area contributed by atoms with E-state index in [1.807, 2.05) is 0 Å². The number of carbonyl (C=O) groups excluding carboxylic acids is 1. The minimum atomic E-state index is -3.82. The summed E-state index contributed by atoms with van der Waals surface area (Å²) in [5.74, 6) is -1.73. The summed E-state index contributed by atoms with van der Waals surface area (Å²) in [6.07, 6.45) is -5.08. The molecule has 1 aromatic heterocycles. The summed E-state index contributed by atoms with van der Waals surface area (Å²) in [5, 5.41) is 9.60. The van der Waals surface area contributed by atoms with E-state index in [0.717, 1.165) is 12.3 Å². The number of nitriles is 1. The van der Waals surface area contributed by atoms with E-state index in [1.165, 1.54) is 23.1 Å². The van der Waals surface area contributed by atoms with Crippen LogP contribution in [0.15, 0.2) is 24.3 Å². The van der Waals surface area contributed by atoms with Crippen LogP contribution in [0.2, 0.25) is 0 Å². The van der Waals surface area contributed by atoms with Gasteiger partial charge in [0.25, 0.3) is 12.3 Å². The second-order valence-electron chi connectivity index (χ2n) is 10.1. The number of benzene rings is 1. The van der Waals surface area contributed by atoms with Crippen LogP contribution in [-0.2, 0) is 16.6 Å². The summed E-state index contributed by atoms with van der Waals surface area (Å²) >= 11 is 0. The lowest BCUT2D eigenvalue weighted by Gasteiger charge is -2.40. The average molecular weight is 587 g/mol. The van der Waals surface area contributed by atoms with Crippen molar-refractivity contribution in [2.75, 3.05) is 19.3 Å².